The number of rotatable bonds is 14. The van der Waals surface area contributed by atoms with Crippen molar-refractivity contribution in [1.29, 1.82) is 0 Å². The molecule has 3 rings (SSSR count). The van der Waals surface area contributed by atoms with Crippen molar-refractivity contribution in [3.63, 3.8) is 0 Å². The van der Waals surface area contributed by atoms with E-state index in [1.54, 1.807) is 0 Å². The van der Waals surface area contributed by atoms with Crippen molar-refractivity contribution in [1.82, 2.24) is 0 Å². The number of carbonyl (C=O) groups excluding carboxylic acids is 2. The summed E-state index contributed by atoms with van der Waals surface area (Å²) in [5, 5.41) is 109. The Labute approximate surface area is 251 Å². The number of Topliss-reactive ketones (excluding diaryl/α,β-unsaturated/α-hetero) is 2. The van der Waals surface area contributed by atoms with Gasteiger partial charge >= 0.3 is 0 Å². The van der Waals surface area contributed by atoms with Gasteiger partial charge in [0.2, 0.25) is 17.3 Å². The van der Waals surface area contributed by atoms with Gasteiger partial charge in [-0.05, 0) is 18.2 Å². The zero-order valence-electron chi connectivity index (χ0n) is 23.6. The summed E-state index contributed by atoms with van der Waals surface area (Å²) in [7, 11) is 0. The molecule has 0 aliphatic heterocycles. The van der Waals surface area contributed by atoms with Crippen molar-refractivity contribution in [2.75, 3.05) is 57.5 Å². The molecule has 2 aliphatic rings. The molecule has 0 amide bonds. The first-order chi connectivity index (χ1) is 20.9. The maximum atomic E-state index is 13.0. The molecule has 11 N–H and O–H groups in total. The molecule has 0 radical (unpaired) electrons. The number of phenolic OH excluding ortho intramolecular Hbond substituents is 1. The van der Waals surface area contributed by atoms with Crippen molar-refractivity contribution < 1.29 is 70.3 Å². The largest absolute Gasteiger partial charge is 0.507 e. The summed E-state index contributed by atoms with van der Waals surface area (Å²) in [6.45, 7) is -3.19. The minimum atomic E-state index is -1.23. The third kappa shape index (κ3) is 7.77. The quantitative estimate of drug-likeness (QED) is 0.0555. The van der Waals surface area contributed by atoms with Crippen molar-refractivity contribution >= 4 is 28.5 Å². The van der Waals surface area contributed by atoms with Crippen LogP contribution in [0.25, 0.3) is 5.57 Å². The van der Waals surface area contributed by atoms with Gasteiger partial charge in [-0.2, -0.15) is 0 Å². The van der Waals surface area contributed by atoms with Crippen LogP contribution in [0.1, 0.15) is 5.56 Å². The average molecular weight is 622 g/mol. The van der Waals surface area contributed by atoms with Crippen LogP contribution >= 0.6 is 0 Å². The lowest BCUT2D eigenvalue weighted by Crippen LogP contribution is -2.40. The average Bonchev–Trinajstić information content (AvgIpc) is 3.22. The number of carbonyl (C=O) groups is 2. The second kappa shape index (κ2) is 15.2. The molecule has 44 heavy (non-hydrogen) atoms. The molecule has 240 valence electrons. The number of phenols is 1. The summed E-state index contributed by atoms with van der Waals surface area (Å²) < 4.78 is 1.36. The second-order valence-corrected chi connectivity index (χ2v) is 10.3. The number of ketones is 2. The molecule has 15 heteroatoms. The minimum Gasteiger partial charge on any atom is -0.507 e. The fourth-order valence-electron chi connectivity index (χ4n) is 4.74. The van der Waals surface area contributed by atoms with E-state index >= 15 is 0 Å². The van der Waals surface area contributed by atoms with E-state index in [-0.39, 0.29) is 48.7 Å². The van der Waals surface area contributed by atoms with Crippen LogP contribution in [0, 0.1) is 0 Å². The zero-order chi connectivity index (χ0) is 32.7. The lowest BCUT2D eigenvalue weighted by Gasteiger charge is -2.28. The number of aliphatic hydroxyl groups excluding tert-OH is 10. The normalized spacial score (nSPS) is 19.7. The smallest absolute Gasteiger partial charge is 0.238 e. The van der Waals surface area contributed by atoms with Crippen molar-refractivity contribution in [3.8, 4) is 5.75 Å². The van der Waals surface area contributed by atoms with E-state index in [4.69, 9.17) is 0 Å². The molecule has 2 aliphatic carbocycles. The third-order valence-electron chi connectivity index (χ3n) is 6.93. The van der Waals surface area contributed by atoms with Crippen molar-refractivity contribution in [2.45, 2.75) is 24.4 Å². The molecule has 0 fully saturated rings. The lowest BCUT2D eigenvalue weighted by molar-refractivity contribution is -0.544. The molecule has 0 aromatic heterocycles. The number of benzene rings is 1. The molecule has 4 atom stereocenters. The molecular formula is C29H37N2O13+. The zero-order valence-corrected chi connectivity index (χ0v) is 23.6. The van der Waals surface area contributed by atoms with Gasteiger partial charge < -0.3 is 61.1 Å². The van der Waals surface area contributed by atoms with Gasteiger partial charge in [0.05, 0.1) is 55.9 Å². The van der Waals surface area contributed by atoms with Crippen molar-refractivity contribution in [3.05, 3.63) is 64.7 Å². The van der Waals surface area contributed by atoms with E-state index in [0.29, 0.717) is 0 Å². The highest BCUT2D eigenvalue weighted by Gasteiger charge is 2.41. The van der Waals surface area contributed by atoms with Crippen LogP contribution in [0.5, 0.6) is 5.75 Å². The van der Waals surface area contributed by atoms with Gasteiger partial charge in [0.25, 0.3) is 0 Å². The van der Waals surface area contributed by atoms with Gasteiger partial charge in [0.15, 0.2) is 13.1 Å². The maximum Gasteiger partial charge on any atom is 0.238 e. The van der Waals surface area contributed by atoms with Crippen LogP contribution in [0.2, 0.25) is 0 Å². The molecule has 0 heterocycles. The minimum absolute atomic E-state index is 0.194. The number of hydrogen-bond donors (Lipinski definition) is 11. The first-order valence-electron chi connectivity index (χ1n) is 13.6. The first-order valence-corrected chi connectivity index (χ1v) is 13.6. The first kappa shape index (κ1) is 34.6. The molecule has 15 nitrogen and oxygen atoms in total. The van der Waals surface area contributed by atoms with Gasteiger partial charge in [0.1, 0.15) is 29.5 Å². The Bertz CT molecular complexity index is 1390. The van der Waals surface area contributed by atoms with Gasteiger partial charge in [-0.25, -0.2) is 4.58 Å². The Kier molecular flexibility index (Phi) is 11.9. The summed E-state index contributed by atoms with van der Waals surface area (Å²) in [5.41, 5.74) is -1.14. The predicted octanol–water partition coefficient (Wildman–Crippen LogP) is -3.21. The van der Waals surface area contributed by atoms with E-state index in [1.807, 2.05) is 0 Å². The molecule has 0 bridgehead atoms. The maximum absolute atomic E-state index is 13.0. The molecule has 0 saturated heterocycles. The predicted molar refractivity (Wildman–Crippen MR) is 154 cm³/mol. The summed E-state index contributed by atoms with van der Waals surface area (Å²) in [6, 6.07) is 3.72. The molecule has 4 unspecified atom stereocenters. The van der Waals surface area contributed by atoms with Crippen LogP contribution in [0.3, 0.4) is 0 Å². The van der Waals surface area contributed by atoms with Gasteiger partial charge in [-0.1, -0.05) is 0 Å². The van der Waals surface area contributed by atoms with Gasteiger partial charge in [-0.15, -0.1) is 0 Å². The summed E-state index contributed by atoms with van der Waals surface area (Å²) in [4.78, 5) is 27.4. The monoisotopic (exact) mass is 621 g/mol. The van der Waals surface area contributed by atoms with E-state index in [0.717, 1.165) is 12.1 Å². The number of aliphatic hydroxyl groups is 10. The Morgan fingerprint density at radius 3 is 1.70 bits per heavy atom. The van der Waals surface area contributed by atoms with Crippen LogP contribution < -0.4 is 4.90 Å². The van der Waals surface area contributed by atoms with E-state index in [2.05, 4.69) is 0 Å². The molecule has 0 spiro atoms. The Balaban J connectivity index is 2.05. The van der Waals surface area contributed by atoms with Gasteiger partial charge in [0, 0.05) is 42.1 Å². The van der Waals surface area contributed by atoms with Crippen LogP contribution in [0.4, 0.5) is 5.69 Å². The van der Waals surface area contributed by atoms with E-state index in [9.17, 15) is 65.8 Å². The Hall–Kier alpha value is -3.93. The number of aromatic hydroxyl groups is 1. The number of nitrogens with zero attached hydrogens (tertiary/aromatic N) is 2. The Morgan fingerprint density at radius 1 is 0.705 bits per heavy atom. The highest BCUT2D eigenvalue weighted by molar-refractivity contribution is 6.63. The number of anilines is 1. The van der Waals surface area contributed by atoms with Crippen LogP contribution in [-0.4, -0.2) is 155 Å². The molecule has 1 aromatic carbocycles. The van der Waals surface area contributed by atoms with Crippen molar-refractivity contribution in [2.24, 2.45) is 0 Å². The third-order valence-corrected chi connectivity index (χ3v) is 6.93. The SMILES string of the molecule is O=C1C(=O)/C(=C2/C=CC(=[N+](CC(O)CO)CC(O)CO)C=C2O)C(O)=C1c1ccc(N(CC(O)CO)CC(O)CO)cc1O. The van der Waals surface area contributed by atoms with Crippen LogP contribution in [0.15, 0.2) is 59.1 Å². The molecule has 0 saturated carbocycles. The van der Waals surface area contributed by atoms with Crippen LogP contribution in [-0.2, 0) is 9.59 Å². The highest BCUT2D eigenvalue weighted by atomic mass is 16.3. The summed E-state index contributed by atoms with van der Waals surface area (Å²) in [6.07, 6.45) is -1.20. The summed E-state index contributed by atoms with van der Waals surface area (Å²) in [5.74, 6) is -4.29. The Morgan fingerprint density at radius 2 is 1.23 bits per heavy atom. The number of hydrogen-bond acceptors (Lipinski definition) is 14. The van der Waals surface area contributed by atoms with E-state index < -0.39 is 90.8 Å². The molecular weight excluding hydrogens is 584 g/mol. The topological polar surface area (TPSA) is 263 Å². The fraction of sp³-hybridized carbons (Fsp3) is 0.414. The number of allylic oxidation sites excluding steroid dienone is 5. The lowest BCUT2D eigenvalue weighted by atomic mass is 9.98. The highest BCUT2D eigenvalue weighted by Crippen LogP contribution is 2.40. The standard InChI is InChI=1S/C29H36N2O13/c32-11-17(36)7-30(8-18(37)12-33)15-1-3-21(23(40)5-15)25-27(42)26(29(44)28(25)43)22-4-2-16(6-24(22)41)31(9-19(38)13-34)10-20(39)14-35/h1-6,17-20,32-39H,7-14H2,(H2,40,41,42,43,44)/p+1. The summed E-state index contributed by atoms with van der Waals surface area (Å²) >= 11 is 0. The van der Waals surface area contributed by atoms with E-state index in [1.165, 1.54) is 33.8 Å². The fourth-order valence-corrected chi connectivity index (χ4v) is 4.74. The second-order valence-electron chi connectivity index (χ2n) is 10.3. The molecule has 1 aromatic rings. The van der Waals surface area contributed by atoms with Gasteiger partial charge in [-0.3, -0.25) is 9.59 Å².